The highest BCUT2D eigenvalue weighted by molar-refractivity contribution is 14.1. The van der Waals surface area contributed by atoms with E-state index in [4.69, 9.17) is 16.3 Å². The highest BCUT2D eigenvalue weighted by Crippen LogP contribution is 2.23. The number of hydrogen-bond acceptors (Lipinski definition) is 1. The zero-order valence-corrected chi connectivity index (χ0v) is 12.8. The van der Waals surface area contributed by atoms with Crippen LogP contribution in [0.15, 0.2) is 54.6 Å². The van der Waals surface area contributed by atoms with Gasteiger partial charge in [-0.25, -0.2) is 0 Å². The molecule has 0 aromatic heterocycles. The summed E-state index contributed by atoms with van der Waals surface area (Å²) >= 11 is 8.24. The second kappa shape index (κ2) is 7.12. The van der Waals surface area contributed by atoms with Crippen LogP contribution in [0, 0.1) is 0 Å². The summed E-state index contributed by atoms with van der Waals surface area (Å²) in [7, 11) is 0. The van der Waals surface area contributed by atoms with Crippen LogP contribution < -0.4 is 0 Å². The lowest BCUT2D eigenvalue weighted by Gasteiger charge is -2.16. The lowest BCUT2D eigenvalue weighted by Crippen LogP contribution is -2.05. The lowest BCUT2D eigenvalue weighted by atomic mass is 10.1. The van der Waals surface area contributed by atoms with Crippen molar-refractivity contribution in [3.05, 3.63) is 70.7 Å². The first kappa shape index (κ1) is 13.8. The van der Waals surface area contributed by atoms with Gasteiger partial charge in [-0.15, -0.1) is 0 Å². The molecule has 0 saturated carbocycles. The van der Waals surface area contributed by atoms with Crippen LogP contribution in [-0.2, 0) is 11.3 Å². The second-order valence-corrected chi connectivity index (χ2v) is 5.31. The molecule has 2 aromatic carbocycles. The van der Waals surface area contributed by atoms with Crippen molar-refractivity contribution in [3.63, 3.8) is 0 Å². The second-order valence-electron chi connectivity index (χ2n) is 3.99. The van der Waals surface area contributed by atoms with Crippen LogP contribution in [-0.4, -0.2) is 4.43 Å². The molecule has 0 aliphatic carbocycles. The first-order valence-corrected chi connectivity index (χ1v) is 7.67. The minimum Gasteiger partial charge on any atom is -0.368 e. The molecule has 0 bridgehead atoms. The quantitative estimate of drug-likeness (QED) is 0.528. The fourth-order valence-electron chi connectivity index (χ4n) is 1.68. The van der Waals surface area contributed by atoms with Crippen molar-refractivity contribution in [2.24, 2.45) is 0 Å². The molecule has 0 spiro atoms. The monoisotopic (exact) mass is 372 g/mol. The normalized spacial score (nSPS) is 12.3. The standard InChI is InChI=1S/C15H14ClIO/c16-14-8-6-13(7-9-14)15(10-17)18-11-12-4-2-1-3-5-12/h1-9,15H,10-11H2. The Hall–Kier alpha value is -0.580. The van der Waals surface area contributed by atoms with Crippen LogP contribution >= 0.6 is 34.2 Å². The van der Waals surface area contributed by atoms with Gasteiger partial charge in [-0.05, 0) is 23.3 Å². The maximum atomic E-state index is 5.95. The van der Waals surface area contributed by atoms with Gasteiger partial charge in [0.1, 0.15) is 0 Å². The predicted molar refractivity (Wildman–Crippen MR) is 84.3 cm³/mol. The zero-order chi connectivity index (χ0) is 12.8. The van der Waals surface area contributed by atoms with E-state index in [-0.39, 0.29) is 6.10 Å². The molecule has 2 aromatic rings. The number of ether oxygens (including phenoxy) is 1. The van der Waals surface area contributed by atoms with Crippen molar-refractivity contribution in [3.8, 4) is 0 Å². The summed E-state index contributed by atoms with van der Waals surface area (Å²) in [6.07, 6.45) is 0.114. The van der Waals surface area contributed by atoms with E-state index in [1.54, 1.807) is 0 Å². The van der Waals surface area contributed by atoms with Gasteiger partial charge in [0.2, 0.25) is 0 Å². The molecule has 18 heavy (non-hydrogen) atoms. The van der Waals surface area contributed by atoms with Crippen LogP contribution in [0.5, 0.6) is 0 Å². The Kier molecular flexibility index (Phi) is 5.47. The van der Waals surface area contributed by atoms with E-state index in [1.807, 2.05) is 42.5 Å². The van der Waals surface area contributed by atoms with Gasteiger partial charge in [0.25, 0.3) is 0 Å². The largest absolute Gasteiger partial charge is 0.368 e. The Morgan fingerprint density at radius 3 is 2.28 bits per heavy atom. The molecular formula is C15H14ClIO. The Bertz CT molecular complexity index is 470. The summed E-state index contributed by atoms with van der Waals surface area (Å²) in [5.74, 6) is 0. The van der Waals surface area contributed by atoms with Crippen molar-refractivity contribution < 1.29 is 4.74 Å². The van der Waals surface area contributed by atoms with Crippen molar-refractivity contribution in [1.29, 1.82) is 0 Å². The molecule has 0 amide bonds. The number of benzene rings is 2. The molecule has 1 unspecified atom stereocenters. The summed E-state index contributed by atoms with van der Waals surface area (Å²) in [6.45, 7) is 0.636. The molecular weight excluding hydrogens is 359 g/mol. The molecule has 0 aliphatic heterocycles. The number of halogens is 2. The fourth-order valence-corrected chi connectivity index (χ4v) is 2.57. The van der Waals surface area contributed by atoms with Gasteiger partial charge in [-0.2, -0.15) is 0 Å². The lowest BCUT2D eigenvalue weighted by molar-refractivity contribution is 0.0577. The molecule has 0 saturated heterocycles. The Morgan fingerprint density at radius 1 is 1.00 bits per heavy atom. The van der Waals surface area contributed by atoms with E-state index in [0.717, 1.165) is 9.45 Å². The van der Waals surface area contributed by atoms with E-state index in [9.17, 15) is 0 Å². The Balaban J connectivity index is 1.99. The number of alkyl halides is 1. The van der Waals surface area contributed by atoms with Crippen molar-refractivity contribution >= 4 is 34.2 Å². The van der Waals surface area contributed by atoms with Gasteiger partial charge in [0, 0.05) is 9.45 Å². The molecule has 2 rings (SSSR count). The van der Waals surface area contributed by atoms with Crippen molar-refractivity contribution in [2.45, 2.75) is 12.7 Å². The van der Waals surface area contributed by atoms with E-state index in [0.29, 0.717) is 6.61 Å². The van der Waals surface area contributed by atoms with E-state index < -0.39 is 0 Å². The number of rotatable bonds is 5. The Labute approximate surface area is 126 Å². The first-order valence-electron chi connectivity index (χ1n) is 5.76. The summed E-state index contributed by atoms with van der Waals surface area (Å²) < 4.78 is 6.88. The average Bonchev–Trinajstić information content (AvgIpc) is 2.42. The van der Waals surface area contributed by atoms with Crippen molar-refractivity contribution in [2.75, 3.05) is 4.43 Å². The minimum absolute atomic E-state index is 0.114. The molecule has 0 radical (unpaired) electrons. The third-order valence-corrected chi connectivity index (χ3v) is 3.73. The summed E-state index contributed by atoms with van der Waals surface area (Å²) in [5.41, 5.74) is 2.37. The van der Waals surface area contributed by atoms with Crippen LogP contribution in [0.25, 0.3) is 0 Å². The predicted octanol–water partition coefficient (Wildman–Crippen LogP) is 5.03. The van der Waals surface area contributed by atoms with Gasteiger partial charge in [0.05, 0.1) is 12.7 Å². The first-order chi connectivity index (χ1) is 8.79. The van der Waals surface area contributed by atoms with Gasteiger partial charge in [0.15, 0.2) is 0 Å². The van der Waals surface area contributed by atoms with Crippen molar-refractivity contribution in [1.82, 2.24) is 0 Å². The molecule has 1 atom stereocenters. The van der Waals surface area contributed by atoms with Crippen LogP contribution in [0.3, 0.4) is 0 Å². The number of hydrogen-bond donors (Lipinski definition) is 0. The summed E-state index contributed by atoms with van der Waals surface area (Å²) in [4.78, 5) is 0. The smallest absolute Gasteiger partial charge is 0.0918 e. The van der Waals surface area contributed by atoms with E-state index in [1.165, 1.54) is 11.1 Å². The minimum atomic E-state index is 0.114. The summed E-state index contributed by atoms with van der Waals surface area (Å²) in [6, 6.07) is 18.1. The van der Waals surface area contributed by atoms with Gasteiger partial charge in [-0.1, -0.05) is 76.7 Å². The molecule has 3 heteroatoms. The fraction of sp³-hybridized carbons (Fsp3) is 0.200. The highest BCUT2D eigenvalue weighted by Gasteiger charge is 2.10. The van der Waals surface area contributed by atoms with Gasteiger partial charge in [-0.3, -0.25) is 0 Å². The highest BCUT2D eigenvalue weighted by atomic mass is 127. The third kappa shape index (κ3) is 3.97. The molecule has 94 valence electrons. The third-order valence-electron chi connectivity index (χ3n) is 2.68. The molecule has 0 N–H and O–H groups in total. The molecule has 0 heterocycles. The zero-order valence-electron chi connectivity index (χ0n) is 9.85. The maximum absolute atomic E-state index is 5.95. The topological polar surface area (TPSA) is 9.23 Å². The molecule has 1 nitrogen and oxygen atoms in total. The molecule has 0 aliphatic rings. The van der Waals surface area contributed by atoms with E-state index in [2.05, 4.69) is 34.7 Å². The van der Waals surface area contributed by atoms with Crippen LogP contribution in [0.1, 0.15) is 17.2 Å². The summed E-state index contributed by atoms with van der Waals surface area (Å²) in [5, 5.41) is 0.758. The van der Waals surface area contributed by atoms with E-state index >= 15 is 0 Å². The van der Waals surface area contributed by atoms with Crippen LogP contribution in [0.4, 0.5) is 0 Å². The SMILES string of the molecule is Clc1ccc(C(CI)OCc2ccccc2)cc1. The molecule has 0 fully saturated rings. The van der Waals surface area contributed by atoms with Gasteiger partial charge < -0.3 is 4.74 Å². The maximum Gasteiger partial charge on any atom is 0.0918 e. The average molecular weight is 373 g/mol. The van der Waals surface area contributed by atoms with Gasteiger partial charge >= 0.3 is 0 Å². The van der Waals surface area contributed by atoms with Crippen LogP contribution in [0.2, 0.25) is 5.02 Å². The Morgan fingerprint density at radius 2 is 1.67 bits per heavy atom.